The number of amides is 1. The van der Waals surface area contributed by atoms with Gasteiger partial charge in [-0.1, -0.05) is 79.2 Å². The second-order valence-corrected chi connectivity index (χ2v) is 10.9. The van der Waals surface area contributed by atoms with Crippen LogP contribution in [0.15, 0.2) is 77.4 Å². The van der Waals surface area contributed by atoms with Gasteiger partial charge >= 0.3 is 0 Å². The molecule has 0 radical (unpaired) electrons. The van der Waals surface area contributed by atoms with Crippen LogP contribution in [0.2, 0.25) is 0 Å². The highest BCUT2D eigenvalue weighted by Gasteiger charge is 2.25. The minimum Gasteiger partial charge on any atom is -0.496 e. The number of carbonyl (C=O) groups excluding carboxylic acids is 1. The molecule has 0 saturated heterocycles. The van der Waals surface area contributed by atoms with Crippen molar-refractivity contribution in [2.45, 2.75) is 40.7 Å². The number of anilines is 1. The molecule has 0 atom stereocenters. The second-order valence-electron chi connectivity index (χ2n) is 10.1. The van der Waals surface area contributed by atoms with E-state index in [-0.39, 0.29) is 11.3 Å². The highest BCUT2D eigenvalue weighted by Crippen LogP contribution is 2.33. The molecule has 4 aromatic rings. The third-order valence-electron chi connectivity index (χ3n) is 5.99. The van der Waals surface area contributed by atoms with E-state index in [0.717, 1.165) is 43.2 Å². The number of fused-ring (bicyclic) bond motifs is 1. The Balaban J connectivity index is 1.69. The first-order valence-corrected chi connectivity index (χ1v) is 12.5. The van der Waals surface area contributed by atoms with Gasteiger partial charge in [0.15, 0.2) is 0 Å². The molecule has 0 N–H and O–H groups in total. The lowest BCUT2D eigenvalue weighted by Gasteiger charge is -2.27. The largest absolute Gasteiger partial charge is 0.496 e. The molecule has 0 bridgehead atoms. The maximum Gasteiger partial charge on any atom is 0.229 e. The molecule has 180 valence electrons. The van der Waals surface area contributed by atoms with E-state index in [9.17, 15) is 4.79 Å². The molecule has 4 nitrogen and oxygen atoms in total. The van der Waals surface area contributed by atoms with E-state index in [0.29, 0.717) is 18.8 Å². The van der Waals surface area contributed by atoms with Crippen LogP contribution in [0, 0.1) is 12.3 Å². The predicted octanol–water partition coefficient (Wildman–Crippen LogP) is 7.95. The first-order valence-electron chi connectivity index (χ1n) is 11.7. The number of methoxy groups -OCH3 is 1. The lowest BCUT2D eigenvalue weighted by molar-refractivity contribution is -0.120. The fourth-order valence-electron chi connectivity index (χ4n) is 4.24. The van der Waals surface area contributed by atoms with Crippen LogP contribution in [0.5, 0.6) is 5.75 Å². The Labute approximate surface area is 216 Å². The lowest BCUT2D eigenvalue weighted by Crippen LogP contribution is -2.34. The molecule has 0 aliphatic heterocycles. The number of halogens is 1. The van der Waals surface area contributed by atoms with Crippen molar-refractivity contribution in [3.05, 3.63) is 88.5 Å². The molecule has 0 fully saturated rings. The minimum absolute atomic E-state index is 0.0623. The topological polar surface area (TPSA) is 42.4 Å². The number of pyridine rings is 1. The van der Waals surface area contributed by atoms with Gasteiger partial charge < -0.3 is 4.74 Å². The Morgan fingerprint density at radius 2 is 1.69 bits per heavy atom. The number of hydrogen-bond donors (Lipinski definition) is 0. The number of carbonyl (C=O) groups is 1. The fraction of sp³-hybridized carbons (Fsp3) is 0.267. The number of hydrogen-bond acceptors (Lipinski definition) is 3. The van der Waals surface area contributed by atoms with E-state index in [4.69, 9.17) is 4.74 Å². The van der Waals surface area contributed by atoms with Crippen LogP contribution in [0.3, 0.4) is 0 Å². The van der Waals surface area contributed by atoms with Crippen molar-refractivity contribution in [2.24, 2.45) is 5.41 Å². The first kappa shape index (κ1) is 24.9. The molecule has 0 aliphatic carbocycles. The van der Waals surface area contributed by atoms with E-state index in [1.54, 1.807) is 13.3 Å². The number of ether oxygens (including phenoxy) is 1. The Bertz CT molecular complexity index is 1360. The van der Waals surface area contributed by atoms with E-state index >= 15 is 0 Å². The molecule has 5 heteroatoms. The molecule has 35 heavy (non-hydrogen) atoms. The average Bonchev–Trinajstić information content (AvgIpc) is 2.82. The van der Waals surface area contributed by atoms with Gasteiger partial charge in [-0.05, 0) is 58.9 Å². The third kappa shape index (κ3) is 5.73. The van der Waals surface area contributed by atoms with Crippen molar-refractivity contribution in [3.63, 3.8) is 0 Å². The zero-order valence-electron chi connectivity index (χ0n) is 20.9. The van der Waals surface area contributed by atoms with E-state index < -0.39 is 0 Å². The summed E-state index contributed by atoms with van der Waals surface area (Å²) in [6, 6.07) is 22.6. The smallest absolute Gasteiger partial charge is 0.229 e. The summed E-state index contributed by atoms with van der Waals surface area (Å²) in [6.07, 6.45) is 2.21. The summed E-state index contributed by atoms with van der Waals surface area (Å²) >= 11 is 3.64. The number of aromatic nitrogens is 1. The average molecular weight is 531 g/mol. The molecule has 0 saturated carbocycles. The van der Waals surface area contributed by atoms with Gasteiger partial charge in [-0.15, -0.1) is 0 Å². The van der Waals surface area contributed by atoms with E-state index in [1.165, 1.54) is 0 Å². The van der Waals surface area contributed by atoms with Crippen molar-refractivity contribution in [2.75, 3.05) is 12.0 Å². The van der Waals surface area contributed by atoms with E-state index in [1.807, 2.05) is 42.2 Å². The van der Waals surface area contributed by atoms with Crippen LogP contribution < -0.4 is 9.64 Å². The number of nitrogens with zero attached hydrogens (tertiary/aromatic N) is 2. The molecule has 1 heterocycles. The van der Waals surface area contributed by atoms with Gasteiger partial charge in [0.25, 0.3) is 0 Å². The van der Waals surface area contributed by atoms with Crippen molar-refractivity contribution >= 4 is 38.4 Å². The number of benzene rings is 3. The summed E-state index contributed by atoms with van der Waals surface area (Å²) in [7, 11) is 1.69. The zero-order chi connectivity index (χ0) is 25.2. The van der Waals surface area contributed by atoms with Crippen LogP contribution in [0.1, 0.15) is 38.3 Å². The van der Waals surface area contributed by atoms with Gasteiger partial charge in [0, 0.05) is 27.9 Å². The van der Waals surface area contributed by atoms with Crippen LogP contribution in [-0.2, 0) is 11.3 Å². The van der Waals surface area contributed by atoms with Gasteiger partial charge in [0.05, 0.1) is 13.7 Å². The Morgan fingerprint density at radius 1 is 0.971 bits per heavy atom. The van der Waals surface area contributed by atoms with Gasteiger partial charge in [0.2, 0.25) is 5.91 Å². The van der Waals surface area contributed by atoms with Gasteiger partial charge in [-0.3, -0.25) is 9.69 Å². The first-order chi connectivity index (χ1) is 16.7. The second kappa shape index (κ2) is 10.2. The SMILES string of the molecule is COc1ccc(-c2ccc(CN(C(=O)CC(C)(C)C)c3nccc4c(Br)cccc34)cc2)cc1C. The van der Waals surface area contributed by atoms with Crippen LogP contribution >= 0.6 is 15.9 Å². The van der Waals surface area contributed by atoms with Gasteiger partial charge in [0.1, 0.15) is 11.6 Å². The minimum atomic E-state index is -0.128. The van der Waals surface area contributed by atoms with Crippen molar-refractivity contribution in [1.29, 1.82) is 0 Å². The van der Waals surface area contributed by atoms with Crippen LogP contribution in [-0.4, -0.2) is 18.0 Å². The summed E-state index contributed by atoms with van der Waals surface area (Å²) in [6.45, 7) is 8.76. The van der Waals surface area contributed by atoms with Crippen molar-refractivity contribution in [1.82, 2.24) is 4.98 Å². The fourth-order valence-corrected chi connectivity index (χ4v) is 4.74. The molecule has 0 aliphatic rings. The zero-order valence-corrected chi connectivity index (χ0v) is 22.5. The highest BCUT2D eigenvalue weighted by atomic mass is 79.9. The van der Waals surface area contributed by atoms with Gasteiger partial charge in [-0.25, -0.2) is 4.98 Å². The van der Waals surface area contributed by atoms with Crippen molar-refractivity contribution in [3.8, 4) is 16.9 Å². The third-order valence-corrected chi connectivity index (χ3v) is 6.68. The molecule has 3 aromatic carbocycles. The predicted molar refractivity (Wildman–Crippen MR) is 148 cm³/mol. The Hall–Kier alpha value is -3.18. The Morgan fingerprint density at radius 3 is 2.34 bits per heavy atom. The maximum absolute atomic E-state index is 13.5. The molecule has 4 rings (SSSR count). The molecule has 1 aromatic heterocycles. The van der Waals surface area contributed by atoms with E-state index in [2.05, 4.69) is 78.1 Å². The molecule has 0 spiro atoms. The Kier molecular flexibility index (Phi) is 7.27. The molecular formula is C30H31BrN2O2. The molecular weight excluding hydrogens is 500 g/mol. The van der Waals surface area contributed by atoms with Crippen LogP contribution in [0.4, 0.5) is 5.82 Å². The number of aryl methyl sites for hydroxylation is 1. The summed E-state index contributed by atoms with van der Waals surface area (Å²) < 4.78 is 6.38. The van der Waals surface area contributed by atoms with Crippen LogP contribution in [0.25, 0.3) is 21.9 Å². The van der Waals surface area contributed by atoms with Crippen molar-refractivity contribution < 1.29 is 9.53 Å². The summed E-state index contributed by atoms with van der Waals surface area (Å²) in [5, 5.41) is 1.99. The molecule has 0 unspecified atom stereocenters. The summed E-state index contributed by atoms with van der Waals surface area (Å²) in [5.41, 5.74) is 4.28. The molecule has 1 amide bonds. The van der Waals surface area contributed by atoms with Gasteiger partial charge in [-0.2, -0.15) is 0 Å². The summed E-state index contributed by atoms with van der Waals surface area (Å²) in [4.78, 5) is 20.0. The standard InChI is InChI=1S/C30H31BrN2O2/c1-20-17-23(13-14-27(20)35-5)22-11-9-21(10-12-22)19-33(28(34)18-30(2,3)4)29-25-7-6-8-26(31)24(25)15-16-32-29/h6-17H,18-19H2,1-5H3. The maximum atomic E-state index is 13.5. The summed E-state index contributed by atoms with van der Waals surface area (Å²) in [5.74, 6) is 1.63. The number of rotatable bonds is 6. The quantitative estimate of drug-likeness (QED) is 0.254. The lowest BCUT2D eigenvalue weighted by atomic mass is 9.91. The normalized spacial score (nSPS) is 11.5. The monoisotopic (exact) mass is 530 g/mol. The highest BCUT2D eigenvalue weighted by molar-refractivity contribution is 9.10.